The van der Waals surface area contributed by atoms with Crippen LogP contribution in [-0.4, -0.2) is 0 Å². The lowest BCUT2D eigenvalue weighted by Crippen LogP contribution is -1.97. The van der Waals surface area contributed by atoms with Gasteiger partial charge in [-0.15, -0.1) is 0 Å². The molecule has 0 aliphatic heterocycles. The van der Waals surface area contributed by atoms with E-state index in [4.69, 9.17) is 0 Å². The first-order valence-electron chi connectivity index (χ1n) is 13.1. The minimum Gasteiger partial charge on any atom is -0.0511 e. The maximum Gasteiger partial charge on any atom is -0.00260 e. The van der Waals surface area contributed by atoms with E-state index in [0.29, 0.717) is 0 Å². The molecule has 0 aliphatic rings. The lowest BCUT2D eigenvalue weighted by molar-refractivity contribution is 1.27. The van der Waals surface area contributed by atoms with Crippen LogP contribution in [0.15, 0.2) is 48.5 Å². The van der Waals surface area contributed by atoms with E-state index in [-0.39, 0.29) is 0 Å². The van der Waals surface area contributed by atoms with Gasteiger partial charge in [0.05, 0.1) is 0 Å². The highest BCUT2D eigenvalue weighted by Crippen LogP contribution is 2.46. The summed E-state index contributed by atoms with van der Waals surface area (Å²) in [5, 5.41) is 5.40. The van der Waals surface area contributed by atoms with Gasteiger partial charge in [-0.1, -0.05) is 48.5 Å². The van der Waals surface area contributed by atoms with Crippen LogP contribution in [0.5, 0.6) is 0 Å². The van der Waals surface area contributed by atoms with Gasteiger partial charge in [-0.2, -0.15) is 0 Å². The SMILES string of the molecule is Cc1cc2c(-c3cc(C)c(C)c(C)c3)c3cc(C)c(C)cc3c(-c3cc(C)c(C)c(C)c3)c2cc1C. The van der Waals surface area contributed by atoms with E-state index in [1.54, 1.807) is 0 Å². The van der Waals surface area contributed by atoms with E-state index in [1.807, 2.05) is 0 Å². The fraction of sp³-hybridized carbons (Fsp3) is 0.278. The van der Waals surface area contributed by atoms with Gasteiger partial charge in [-0.05, 0) is 169 Å². The highest BCUT2D eigenvalue weighted by molar-refractivity contribution is 6.22. The maximum atomic E-state index is 2.43. The number of hydrogen-bond acceptors (Lipinski definition) is 0. The first kappa shape index (κ1) is 24.3. The molecule has 0 N–H and O–H groups in total. The second kappa shape index (κ2) is 8.63. The van der Waals surface area contributed by atoms with Crippen molar-refractivity contribution in [3.05, 3.63) is 104 Å². The van der Waals surface area contributed by atoms with Crippen molar-refractivity contribution in [3.8, 4) is 22.3 Å². The third kappa shape index (κ3) is 3.75. The van der Waals surface area contributed by atoms with E-state index < -0.39 is 0 Å². The van der Waals surface area contributed by atoms with E-state index in [2.05, 4.69) is 118 Å². The van der Waals surface area contributed by atoms with Crippen LogP contribution in [0, 0.1) is 69.2 Å². The number of rotatable bonds is 2. The zero-order valence-corrected chi connectivity index (χ0v) is 23.6. The number of fused-ring (bicyclic) bond motifs is 2. The molecule has 0 saturated heterocycles. The van der Waals surface area contributed by atoms with Crippen LogP contribution in [-0.2, 0) is 0 Å². The predicted molar refractivity (Wildman–Crippen MR) is 160 cm³/mol. The summed E-state index contributed by atoms with van der Waals surface area (Å²) >= 11 is 0. The van der Waals surface area contributed by atoms with Crippen LogP contribution in [0.25, 0.3) is 43.8 Å². The van der Waals surface area contributed by atoms with Crippen LogP contribution in [0.3, 0.4) is 0 Å². The van der Waals surface area contributed by atoms with E-state index in [0.717, 1.165) is 0 Å². The number of hydrogen-bond donors (Lipinski definition) is 0. The van der Waals surface area contributed by atoms with Gasteiger partial charge in [-0.3, -0.25) is 0 Å². The number of benzene rings is 5. The molecule has 0 nitrogen and oxygen atoms in total. The molecule has 0 heterocycles. The summed E-state index contributed by atoms with van der Waals surface area (Å²) in [4.78, 5) is 0. The molecule has 0 fully saturated rings. The average molecular weight is 471 g/mol. The van der Waals surface area contributed by atoms with Crippen molar-refractivity contribution in [2.45, 2.75) is 69.2 Å². The van der Waals surface area contributed by atoms with Gasteiger partial charge in [0, 0.05) is 0 Å². The first-order chi connectivity index (χ1) is 17.0. The summed E-state index contributed by atoms with van der Waals surface area (Å²) in [6.45, 7) is 22.4. The fourth-order valence-electron chi connectivity index (χ4n) is 5.73. The van der Waals surface area contributed by atoms with Gasteiger partial charge in [0.25, 0.3) is 0 Å². The molecule has 0 aliphatic carbocycles. The van der Waals surface area contributed by atoms with Crippen LogP contribution >= 0.6 is 0 Å². The van der Waals surface area contributed by atoms with Gasteiger partial charge in [0.15, 0.2) is 0 Å². The van der Waals surface area contributed by atoms with Crippen molar-refractivity contribution in [3.63, 3.8) is 0 Å². The van der Waals surface area contributed by atoms with Crippen molar-refractivity contribution in [1.82, 2.24) is 0 Å². The Kier molecular flexibility index (Phi) is 5.83. The lowest BCUT2D eigenvalue weighted by atomic mass is 9.82. The Labute approximate surface area is 217 Å². The quantitative estimate of drug-likeness (QED) is 0.225. The predicted octanol–water partition coefficient (Wildman–Crippen LogP) is 10.4. The first-order valence-corrected chi connectivity index (χ1v) is 13.1. The monoisotopic (exact) mass is 470 g/mol. The summed E-state index contributed by atoms with van der Waals surface area (Å²) in [5.74, 6) is 0. The smallest absolute Gasteiger partial charge is 0.00260 e. The molecule has 5 rings (SSSR count). The van der Waals surface area contributed by atoms with Crippen LogP contribution in [0.1, 0.15) is 55.6 Å². The molecular weight excluding hydrogens is 432 g/mol. The fourth-order valence-corrected chi connectivity index (χ4v) is 5.73. The van der Waals surface area contributed by atoms with Gasteiger partial charge >= 0.3 is 0 Å². The van der Waals surface area contributed by atoms with Crippen molar-refractivity contribution in [1.29, 1.82) is 0 Å². The summed E-state index contributed by atoms with van der Waals surface area (Å²) in [6.07, 6.45) is 0. The minimum absolute atomic E-state index is 1.32. The Bertz CT molecular complexity index is 1470. The molecular formula is C36H38. The van der Waals surface area contributed by atoms with Gasteiger partial charge in [0.1, 0.15) is 0 Å². The normalized spacial score (nSPS) is 11.6. The van der Waals surface area contributed by atoms with Crippen molar-refractivity contribution in [2.24, 2.45) is 0 Å². The van der Waals surface area contributed by atoms with Crippen molar-refractivity contribution in [2.75, 3.05) is 0 Å². The summed E-state index contributed by atoms with van der Waals surface area (Å²) in [6, 6.07) is 19.3. The Morgan fingerprint density at radius 2 is 0.500 bits per heavy atom. The molecule has 0 bridgehead atoms. The van der Waals surface area contributed by atoms with Gasteiger partial charge in [0.2, 0.25) is 0 Å². The third-order valence-corrected chi connectivity index (χ3v) is 8.78. The molecule has 0 unspecified atom stereocenters. The van der Waals surface area contributed by atoms with Crippen LogP contribution in [0.4, 0.5) is 0 Å². The topological polar surface area (TPSA) is 0 Å². The molecule has 5 aromatic carbocycles. The Hall–Kier alpha value is -3.38. The summed E-state index contributed by atoms with van der Waals surface area (Å²) in [5.41, 5.74) is 18.9. The molecule has 0 saturated carbocycles. The average Bonchev–Trinajstić information content (AvgIpc) is 2.81. The highest BCUT2D eigenvalue weighted by Gasteiger charge is 2.20. The largest absolute Gasteiger partial charge is 0.0511 e. The van der Waals surface area contributed by atoms with Crippen LogP contribution in [0.2, 0.25) is 0 Å². The second-order valence-corrected chi connectivity index (χ2v) is 11.2. The molecule has 5 aromatic rings. The molecule has 36 heavy (non-hydrogen) atoms. The molecule has 0 radical (unpaired) electrons. The highest BCUT2D eigenvalue weighted by atomic mass is 14.2. The number of aryl methyl sites for hydroxylation is 8. The Balaban J connectivity index is 2.07. The van der Waals surface area contributed by atoms with Gasteiger partial charge in [-0.25, -0.2) is 0 Å². The van der Waals surface area contributed by atoms with Crippen LogP contribution < -0.4 is 0 Å². The lowest BCUT2D eigenvalue weighted by Gasteiger charge is -2.22. The maximum absolute atomic E-state index is 2.43. The zero-order chi connectivity index (χ0) is 26.0. The molecule has 0 heteroatoms. The Morgan fingerprint density at radius 3 is 0.722 bits per heavy atom. The molecule has 0 spiro atoms. The molecule has 182 valence electrons. The molecule has 0 amide bonds. The third-order valence-electron chi connectivity index (χ3n) is 8.78. The van der Waals surface area contributed by atoms with E-state index in [1.165, 1.54) is 99.4 Å². The van der Waals surface area contributed by atoms with E-state index in [9.17, 15) is 0 Å². The minimum atomic E-state index is 1.32. The Morgan fingerprint density at radius 1 is 0.278 bits per heavy atom. The van der Waals surface area contributed by atoms with E-state index >= 15 is 0 Å². The summed E-state index contributed by atoms with van der Waals surface area (Å²) in [7, 11) is 0. The molecule has 0 aromatic heterocycles. The summed E-state index contributed by atoms with van der Waals surface area (Å²) < 4.78 is 0. The second-order valence-electron chi connectivity index (χ2n) is 11.2. The molecule has 0 atom stereocenters. The van der Waals surface area contributed by atoms with Gasteiger partial charge < -0.3 is 0 Å². The zero-order valence-electron chi connectivity index (χ0n) is 23.6. The van der Waals surface area contributed by atoms with Crippen molar-refractivity contribution < 1.29 is 0 Å². The standard InChI is InChI=1S/C36H38/c1-19-15-31-32(16-20(19)2)36(30-13-25(7)28(10)26(8)14-30)34-18-22(4)21(3)17-33(34)35(31)29-11-23(5)27(9)24(6)12-29/h11-18H,1-10H3. The van der Waals surface area contributed by atoms with Crippen molar-refractivity contribution >= 4 is 21.5 Å².